The number of sulfone groups is 1. The molecular weight excluding hydrogens is 263 g/mol. The lowest BCUT2D eigenvalue weighted by molar-refractivity contribution is 0.605. The highest BCUT2D eigenvalue weighted by molar-refractivity contribution is 7.94. The molecule has 0 fully saturated rings. The smallest absolute Gasteiger partial charge is 0.199 e. The maximum Gasteiger partial charge on any atom is 0.199 e. The molecule has 0 unspecified atom stereocenters. The summed E-state index contributed by atoms with van der Waals surface area (Å²) in [4.78, 5) is 0.247. The molecule has 0 aliphatic rings. The molecule has 2 rings (SSSR count). The minimum Gasteiger partial charge on any atom is -0.219 e. The van der Waals surface area contributed by atoms with Gasteiger partial charge in [0, 0.05) is 5.41 Å². The van der Waals surface area contributed by atoms with Crippen molar-refractivity contribution in [2.24, 2.45) is 0 Å². The predicted molar refractivity (Wildman–Crippen MR) is 73.8 cm³/mol. The third-order valence-corrected chi connectivity index (χ3v) is 4.08. The summed E-state index contributed by atoms with van der Waals surface area (Å²) in [5.74, 6) is -0.349. The van der Waals surface area contributed by atoms with E-state index < -0.39 is 9.84 Å². The molecule has 0 heterocycles. The molecular formula is C15H13FO2S. The van der Waals surface area contributed by atoms with Gasteiger partial charge in [0.2, 0.25) is 0 Å². The quantitative estimate of drug-likeness (QED) is 0.858. The van der Waals surface area contributed by atoms with E-state index in [9.17, 15) is 12.8 Å². The molecule has 4 heteroatoms. The van der Waals surface area contributed by atoms with Gasteiger partial charge in [-0.05, 0) is 42.8 Å². The third kappa shape index (κ3) is 3.51. The highest BCUT2D eigenvalue weighted by Crippen LogP contribution is 2.15. The minimum atomic E-state index is -3.46. The zero-order chi connectivity index (χ0) is 13.9. The van der Waals surface area contributed by atoms with Crippen LogP contribution in [0.25, 0.3) is 6.08 Å². The van der Waals surface area contributed by atoms with Crippen molar-refractivity contribution in [3.8, 4) is 0 Å². The fourth-order valence-corrected chi connectivity index (χ4v) is 2.56. The van der Waals surface area contributed by atoms with Gasteiger partial charge in [-0.15, -0.1) is 0 Å². The summed E-state index contributed by atoms with van der Waals surface area (Å²) in [5, 5.41) is 1.13. The summed E-state index contributed by atoms with van der Waals surface area (Å²) < 4.78 is 36.8. The number of hydrogen-bond donors (Lipinski definition) is 0. The topological polar surface area (TPSA) is 34.1 Å². The van der Waals surface area contributed by atoms with Crippen LogP contribution < -0.4 is 0 Å². The molecule has 2 aromatic carbocycles. The van der Waals surface area contributed by atoms with Gasteiger partial charge in [0.15, 0.2) is 9.84 Å². The maximum absolute atomic E-state index is 12.7. The number of benzene rings is 2. The lowest BCUT2D eigenvalue weighted by atomic mass is 10.2. The molecule has 2 nitrogen and oxygen atoms in total. The van der Waals surface area contributed by atoms with Crippen LogP contribution in [-0.4, -0.2) is 8.42 Å². The Balaban J connectivity index is 2.26. The van der Waals surface area contributed by atoms with E-state index in [1.165, 1.54) is 30.3 Å². The molecule has 19 heavy (non-hydrogen) atoms. The van der Waals surface area contributed by atoms with Crippen molar-refractivity contribution >= 4 is 15.9 Å². The van der Waals surface area contributed by atoms with Crippen molar-refractivity contribution < 1.29 is 12.8 Å². The first-order chi connectivity index (χ1) is 8.97. The monoisotopic (exact) mass is 276 g/mol. The number of aryl methyl sites for hydroxylation is 1. The summed E-state index contributed by atoms with van der Waals surface area (Å²) in [6, 6.07) is 12.3. The van der Waals surface area contributed by atoms with Crippen molar-refractivity contribution in [3.63, 3.8) is 0 Å². The van der Waals surface area contributed by atoms with Crippen LogP contribution >= 0.6 is 0 Å². The Morgan fingerprint density at radius 3 is 2.11 bits per heavy atom. The average Bonchev–Trinajstić information content (AvgIpc) is 2.39. The molecule has 0 amide bonds. The second-order valence-corrected chi connectivity index (χ2v) is 6.05. The molecule has 98 valence electrons. The van der Waals surface area contributed by atoms with E-state index >= 15 is 0 Å². The second kappa shape index (κ2) is 5.36. The SMILES string of the molecule is Cc1ccc(S(=O)(=O)/C=C/c2ccc(F)cc2)cc1. The van der Waals surface area contributed by atoms with E-state index in [4.69, 9.17) is 0 Å². The fourth-order valence-electron chi connectivity index (χ4n) is 1.55. The standard InChI is InChI=1S/C15H13FO2S/c1-12-2-8-15(9-3-12)19(17,18)11-10-13-4-6-14(16)7-5-13/h2-11H,1H3/b11-10+. The van der Waals surface area contributed by atoms with Gasteiger partial charge in [-0.25, -0.2) is 12.8 Å². The van der Waals surface area contributed by atoms with E-state index in [2.05, 4.69) is 0 Å². The number of rotatable bonds is 3. The van der Waals surface area contributed by atoms with Crippen LogP contribution in [0.15, 0.2) is 58.8 Å². The summed E-state index contributed by atoms with van der Waals surface area (Å²) in [5.41, 5.74) is 1.64. The Bertz CT molecular complexity index is 684. The first kappa shape index (κ1) is 13.5. The van der Waals surface area contributed by atoms with E-state index in [0.717, 1.165) is 11.0 Å². The zero-order valence-corrected chi connectivity index (χ0v) is 11.2. The van der Waals surface area contributed by atoms with Crippen molar-refractivity contribution in [3.05, 3.63) is 70.9 Å². The molecule has 0 bridgehead atoms. The normalized spacial score (nSPS) is 11.9. The van der Waals surface area contributed by atoms with Gasteiger partial charge in [-0.1, -0.05) is 29.8 Å². The minimum absolute atomic E-state index is 0.247. The van der Waals surface area contributed by atoms with Gasteiger partial charge in [0.05, 0.1) is 4.90 Å². The van der Waals surface area contributed by atoms with Crippen LogP contribution in [0.4, 0.5) is 4.39 Å². The van der Waals surface area contributed by atoms with Crippen LogP contribution in [0, 0.1) is 12.7 Å². The lowest BCUT2D eigenvalue weighted by Gasteiger charge is -1.99. The van der Waals surface area contributed by atoms with Gasteiger partial charge in [0.25, 0.3) is 0 Å². The summed E-state index contributed by atoms with van der Waals surface area (Å²) in [6.07, 6.45) is 1.45. The Morgan fingerprint density at radius 1 is 0.947 bits per heavy atom. The highest BCUT2D eigenvalue weighted by Gasteiger charge is 2.09. The summed E-state index contributed by atoms with van der Waals surface area (Å²) in [6.45, 7) is 1.89. The second-order valence-electron chi connectivity index (χ2n) is 4.21. The molecule has 0 aliphatic heterocycles. The maximum atomic E-state index is 12.7. The first-order valence-electron chi connectivity index (χ1n) is 5.73. The van der Waals surface area contributed by atoms with Crippen molar-refractivity contribution in [2.75, 3.05) is 0 Å². The van der Waals surface area contributed by atoms with Gasteiger partial charge < -0.3 is 0 Å². The fraction of sp³-hybridized carbons (Fsp3) is 0.0667. The summed E-state index contributed by atoms with van der Waals surface area (Å²) >= 11 is 0. The van der Waals surface area contributed by atoms with Crippen LogP contribution in [0.1, 0.15) is 11.1 Å². The molecule has 0 N–H and O–H groups in total. The highest BCUT2D eigenvalue weighted by atomic mass is 32.2. The van der Waals surface area contributed by atoms with E-state index in [-0.39, 0.29) is 10.7 Å². The lowest BCUT2D eigenvalue weighted by Crippen LogP contribution is -1.95. The van der Waals surface area contributed by atoms with Crippen LogP contribution in [0.3, 0.4) is 0 Å². The third-order valence-electron chi connectivity index (χ3n) is 2.66. The number of hydrogen-bond acceptors (Lipinski definition) is 2. The van der Waals surface area contributed by atoms with Crippen LogP contribution in [-0.2, 0) is 9.84 Å². The van der Waals surface area contributed by atoms with E-state index in [1.807, 2.05) is 6.92 Å². The van der Waals surface area contributed by atoms with E-state index in [0.29, 0.717) is 5.56 Å². The van der Waals surface area contributed by atoms with Crippen molar-refractivity contribution in [1.82, 2.24) is 0 Å². The molecule has 0 saturated heterocycles. The zero-order valence-electron chi connectivity index (χ0n) is 10.4. The largest absolute Gasteiger partial charge is 0.219 e. The molecule has 2 aromatic rings. The van der Waals surface area contributed by atoms with Crippen molar-refractivity contribution in [2.45, 2.75) is 11.8 Å². The van der Waals surface area contributed by atoms with Gasteiger partial charge >= 0.3 is 0 Å². The average molecular weight is 276 g/mol. The Labute approximate surface area is 112 Å². The van der Waals surface area contributed by atoms with Crippen LogP contribution in [0.2, 0.25) is 0 Å². The predicted octanol–water partition coefficient (Wildman–Crippen LogP) is 3.58. The molecule has 0 atom stereocenters. The van der Waals surface area contributed by atoms with Crippen molar-refractivity contribution in [1.29, 1.82) is 0 Å². The Kier molecular flexibility index (Phi) is 3.81. The Hall–Kier alpha value is -1.94. The molecule has 0 aliphatic carbocycles. The molecule has 0 aromatic heterocycles. The summed E-state index contributed by atoms with van der Waals surface area (Å²) in [7, 11) is -3.46. The van der Waals surface area contributed by atoms with Crippen LogP contribution in [0.5, 0.6) is 0 Å². The molecule has 0 saturated carbocycles. The van der Waals surface area contributed by atoms with Gasteiger partial charge in [-0.3, -0.25) is 0 Å². The number of halogens is 1. The first-order valence-corrected chi connectivity index (χ1v) is 7.27. The van der Waals surface area contributed by atoms with E-state index in [1.54, 1.807) is 24.3 Å². The Morgan fingerprint density at radius 2 is 1.53 bits per heavy atom. The molecule has 0 radical (unpaired) electrons. The van der Waals surface area contributed by atoms with Gasteiger partial charge in [0.1, 0.15) is 5.82 Å². The molecule has 0 spiro atoms. The van der Waals surface area contributed by atoms with Gasteiger partial charge in [-0.2, -0.15) is 0 Å².